The van der Waals surface area contributed by atoms with Gasteiger partial charge in [-0.05, 0) is 31.0 Å². The number of nitrogens with zero attached hydrogens (tertiary/aromatic N) is 3. The molecule has 0 atom stereocenters. The van der Waals surface area contributed by atoms with Crippen molar-refractivity contribution in [1.29, 1.82) is 0 Å². The summed E-state index contributed by atoms with van der Waals surface area (Å²) in [5.74, 6) is 0.867. The van der Waals surface area contributed by atoms with Crippen LogP contribution in [0.5, 0.6) is 0 Å². The summed E-state index contributed by atoms with van der Waals surface area (Å²) in [7, 11) is 1.73. The van der Waals surface area contributed by atoms with Crippen LogP contribution < -0.4 is 10.6 Å². The van der Waals surface area contributed by atoms with Gasteiger partial charge < -0.3 is 20.3 Å². The van der Waals surface area contributed by atoms with Gasteiger partial charge in [0.25, 0.3) is 0 Å². The van der Waals surface area contributed by atoms with Crippen LogP contribution in [0.25, 0.3) is 0 Å². The Kier molecular flexibility index (Phi) is 13.5. The average Bonchev–Trinajstić information content (AvgIpc) is 2.71. The van der Waals surface area contributed by atoms with E-state index in [1.54, 1.807) is 7.11 Å². The fourth-order valence-corrected chi connectivity index (χ4v) is 3.21. The van der Waals surface area contributed by atoms with Gasteiger partial charge in [0.1, 0.15) is 0 Å². The van der Waals surface area contributed by atoms with E-state index in [2.05, 4.69) is 63.5 Å². The molecule has 2 rings (SSSR count). The second kappa shape index (κ2) is 15.0. The molecule has 28 heavy (non-hydrogen) atoms. The highest BCUT2D eigenvalue weighted by Crippen LogP contribution is 2.11. The first-order valence-corrected chi connectivity index (χ1v) is 10.3. The summed E-state index contributed by atoms with van der Waals surface area (Å²) >= 11 is 0. The van der Waals surface area contributed by atoms with Gasteiger partial charge in [0.2, 0.25) is 0 Å². The molecule has 1 saturated heterocycles. The number of likely N-dealkylation sites (N-methyl/N-ethyl adjacent to an activating group) is 1. The van der Waals surface area contributed by atoms with Gasteiger partial charge in [0.15, 0.2) is 5.96 Å². The Morgan fingerprint density at radius 3 is 2.25 bits per heavy atom. The van der Waals surface area contributed by atoms with E-state index in [4.69, 9.17) is 4.74 Å². The highest BCUT2D eigenvalue weighted by molar-refractivity contribution is 14.0. The maximum atomic E-state index is 5.08. The highest BCUT2D eigenvalue weighted by atomic mass is 127. The van der Waals surface area contributed by atoms with E-state index in [9.17, 15) is 0 Å². The monoisotopic (exact) mass is 503 g/mol. The van der Waals surface area contributed by atoms with Crippen molar-refractivity contribution < 1.29 is 4.74 Å². The van der Waals surface area contributed by atoms with Crippen LogP contribution in [0.1, 0.15) is 31.4 Å². The van der Waals surface area contributed by atoms with Gasteiger partial charge in [-0.1, -0.05) is 31.2 Å². The predicted octanol–water partition coefficient (Wildman–Crippen LogP) is 2.53. The van der Waals surface area contributed by atoms with E-state index >= 15 is 0 Å². The van der Waals surface area contributed by atoms with Crippen LogP contribution in [-0.2, 0) is 17.8 Å². The third kappa shape index (κ3) is 9.54. The van der Waals surface area contributed by atoms with Gasteiger partial charge in [0.05, 0.1) is 6.54 Å². The Morgan fingerprint density at radius 1 is 1.00 bits per heavy atom. The summed E-state index contributed by atoms with van der Waals surface area (Å²) in [6.07, 6.45) is 0.974. The molecule has 0 amide bonds. The predicted molar refractivity (Wildman–Crippen MR) is 129 cm³/mol. The van der Waals surface area contributed by atoms with E-state index in [0.29, 0.717) is 6.54 Å². The van der Waals surface area contributed by atoms with Gasteiger partial charge in [-0.25, -0.2) is 4.99 Å². The number of benzene rings is 1. The van der Waals surface area contributed by atoms with E-state index in [-0.39, 0.29) is 24.0 Å². The lowest BCUT2D eigenvalue weighted by Gasteiger charge is -2.34. The number of rotatable bonds is 10. The van der Waals surface area contributed by atoms with E-state index in [1.165, 1.54) is 43.9 Å². The molecule has 1 heterocycles. The standard InChI is InChI=1S/C21H37N5O.HI/c1-4-22-21(23-11-6-16-27-3)24-17-19-7-9-20(10-8-19)18-26-14-12-25(5-2)13-15-26;/h7-10H,4-6,11-18H2,1-3H3,(H2,22,23,24);1H. The summed E-state index contributed by atoms with van der Waals surface area (Å²) in [4.78, 5) is 9.75. The van der Waals surface area contributed by atoms with Crippen LogP contribution in [0.2, 0.25) is 0 Å². The summed E-state index contributed by atoms with van der Waals surface area (Å²) in [6, 6.07) is 8.90. The summed E-state index contributed by atoms with van der Waals surface area (Å²) < 4.78 is 5.08. The third-order valence-corrected chi connectivity index (χ3v) is 4.92. The number of hydrogen-bond donors (Lipinski definition) is 2. The van der Waals surface area contributed by atoms with Crippen molar-refractivity contribution in [3.8, 4) is 0 Å². The van der Waals surface area contributed by atoms with Crippen molar-refractivity contribution >= 4 is 29.9 Å². The van der Waals surface area contributed by atoms with Crippen molar-refractivity contribution in [2.75, 3.05) is 59.5 Å². The first-order chi connectivity index (χ1) is 13.2. The number of ether oxygens (including phenoxy) is 1. The number of hydrogen-bond acceptors (Lipinski definition) is 4. The number of aliphatic imine (C=N–C) groups is 1. The zero-order valence-electron chi connectivity index (χ0n) is 17.7. The van der Waals surface area contributed by atoms with E-state index in [0.717, 1.165) is 38.6 Å². The van der Waals surface area contributed by atoms with Crippen LogP contribution in [0.4, 0.5) is 0 Å². The lowest BCUT2D eigenvalue weighted by atomic mass is 10.1. The summed E-state index contributed by atoms with van der Waals surface area (Å²) in [5.41, 5.74) is 2.63. The Labute approximate surface area is 188 Å². The minimum atomic E-state index is 0. The molecule has 0 aliphatic carbocycles. The first kappa shape index (κ1) is 25.1. The molecule has 1 aromatic rings. The molecule has 0 unspecified atom stereocenters. The third-order valence-electron chi connectivity index (χ3n) is 4.92. The number of halogens is 1. The van der Waals surface area contributed by atoms with Crippen LogP contribution >= 0.6 is 24.0 Å². The van der Waals surface area contributed by atoms with Crippen molar-refractivity contribution in [2.45, 2.75) is 33.4 Å². The molecule has 1 aliphatic rings. The summed E-state index contributed by atoms with van der Waals surface area (Å²) in [5, 5.41) is 6.64. The minimum Gasteiger partial charge on any atom is -0.385 e. The fraction of sp³-hybridized carbons (Fsp3) is 0.667. The first-order valence-electron chi connectivity index (χ1n) is 10.3. The van der Waals surface area contributed by atoms with Crippen LogP contribution in [-0.4, -0.2) is 75.3 Å². The second-order valence-electron chi connectivity index (χ2n) is 7.00. The zero-order valence-corrected chi connectivity index (χ0v) is 20.1. The number of nitrogens with one attached hydrogen (secondary N) is 2. The maximum Gasteiger partial charge on any atom is 0.191 e. The number of methoxy groups -OCH3 is 1. The molecule has 0 spiro atoms. The van der Waals surface area contributed by atoms with Crippen molar-refractivity contribution in [2.24, 2.45) is 4.99 Å². The molecule has 0 radical (unpaired) electrons. The molecule has 7 heteroatoms. The lowest BCUT2D eigenvalue weighted by Crippen LogP contribution is -2.45. The maximum absolute atomic E-state index is 5.08. The number of piperazine rings is 1. The van der Waals surface area contributed by atoms with E-state index < -0.39 is 0 Å². The van der Waals surface area contributed by atoms with Crippen molar-refractivity contribution in [3.63, 3.8) is 0 Å². The molecule has 160 valence electrons. The molecule has 0 aromatic heterocycles. The molecule has 0 bridgehead atoms. The Morgan fingerprint density at radius 2 is 1.64 bits per heavy atom. The van der Waals surface area contributed by atoms with Gasteiger partial charge >= 0.3 is 0 Å². The fourth-order valence-electron chi connectivity index (χ4n) is 3.21. The van der Waals surface area contributed by atoms with Crippen molar-refractivity contribution in [3.05, 3.63) is 35.4 Å². The normalized spacial score (nSPS) is 15.9. The summed E-state index contributed by atoms with van der Waals surface area (Å²) in [6.45, 7) is 14.4. The molecular formula is C21H38IN5O. The number of guanidine groups is 1. The topological polar surface area (TPSA) is 52.1 Å². The SMILES string of the molecule is CCNC(=NCc1ccc(CN2CCN(CC)CC2)cc1)NCCCOC.I. The molecule has 1 aliphatic heterocycles. The lowest BCUT2D eigenvalue weighted by molar-refractivity contribution is 0.132. The molecule has 6 nitrogen and oxygen atoms in total. The Bertz CT molecular complexity index is 544. The molecule has 2 N–H and O–H groups in total. The molecule has 1 fully saturated rings. The average molecular weight is 503 g/mol. The largest absolute Gasteiger partial charge is 0.385 e. The van der Waals surface area contributed by atoms with Gasteiger partial charge in [-0.15, -0.1) is 24.0 Å². The Hall–Kier alpha value is -0.900. The molecular weight excluding hydrogens is 465 g/mol. The van der Waals surface area contributed by atoms with Crippen molar-refractivity contribution in [1.82, 2.24) is 20.4 Å². The van der Waals surface area contributed by atoms with Gasteiger partial charge in [0, 0.05) is 59.5 Å². The van der Waals surface area contributed by atoms with Gasteiger partial charge in [-0.3, -0.25) is 4.90 Å². The zero-order chi connectivity index (χ0) is 19.3. The van der Waals surface area contributed by atoms with Crippen LogP contribution in [0, 0.1) is 0 Å². The quantitative estimate of drug-likeness (QED) is 0.223. The molecule has 1 aromatic carbocycles. The van der Waals surface area contributed by atoms with Crippen LogP contribution in [0.3, 0.4) is 0 Å². The Balaban J connectivity index is 0.00000392. The minimum absolute atomic E-state index is 0. The van der Waals surface area contributed by atoms with Crippen LogP contribution in [0.15, 0.2) is 29.3 Å². The van der Waals surface area contributed by atoms with Gasteiger partial charge in [-0.2, -0.15) is 0 Å². The second-order valence-corrected chi connectivity index (χ2v) is 7.00. The highest BCUT2D eigenvalue weighted by Gasteiger charge is 2.15. The van der Waals surface area contributed by atoms with E-state index in [1.807, 2.05) is 0 Å². The molecule has 0 saturated carbocycles. The smallest absolute Gasteiger partial charge is 0.191 e.